The third-order valence-electron chi connectivity index (χ3n) is 1.19. The van der Waals surface area contributed by atoms with E-state index in [4.69, 9.17) is 5.73 Å². The van der Waals surface area contributed by atoms with Crippen LogP contribution in [-0.4, -0.2) is 19.5 Å². The lowest BCUT2D eigenvalue weighted by Crippen LogP contribution is -1.85. The summed E-state index contributed by atoms with van der Waals surface area (Å²) in [6, 6.07) is 7.80. The average Bonchev–Trinajstić information content (AvgIpc) is 2.00. The molecule has 0 spiro atoms. The molecule has 0 saturated heterocycles. The van der Waals surface area contributed by atoms with E-state index in [-0.39, 0.29) is 0 Å². The minimum absolute atomic E-state index is 0.868. The van der Waals surface area contributed by atoms with Crippen LogP contribution in [0.15, 0.2) is 24.3 Å². The smallest absolute Gasteiger partial charge is 0.0343 e. The lowest BCUT2D eigenvalue weighted by atomic mass is 10.2. The zero-order chi connectivity index (χ0) is 7.98. The fourth-order valence-electron chi connectivity index (χ4n) is 0.587. The molecule has 1 aromatic rings. The Morgan fingerprint density at radius 1 is 1.20 bits per heavy atom. The Bertz CT molecular complexity index is 168. The number of para-hydroxylation sites is 1. The monoisotopic (exact) mass is 169 g/mol. The van der Waals surface area contributed by atoms with Gasteiger partial charge in [-0.3, -0.25) is 0 Å². The molecule has 1 aromatic carbocycles. The third kappa shape index (κ3) is 2.84. The Kier molecular flexibility index (Phi) is 4.97. The Morgan fingerprint density at radius 3 is 2.00 bits per heavy atom. The zero-order valence-electron chi connectivity index (χ0n) is 6.89. The predicted molar refractivity (Wildman–Crippen MR) is 55.5 cm³/mol. The molecule has 0 radical (unpaired) electrons. The number of benzene rings is 1. The van der Waals surface area contributed by atoms with Gasteiger partial charge < -0.3 is 5.73 Å². The van der Waals surface area contributed by atoms with Crippen molar-refractivity contribution >= 4 is 25.2 Å². The zero-order valence-corrected chi connectivity index (χ0v) is 10.9. The molecule has 0 heterocycles. The van der Waals surface area contributed by atoms with Gasteiger partial charge in [-0.2, -0.15) is 0 Å². The van der Waals surface area contributed by atoms with Crippen molar-refractivity contribution in [3.63, 3.8) is 0 Å². The number of anilines is 1. The summed E-state index contributed by atoms with van der Waals surface area (Å²) >= 11 is 0. The van der Waals surface area contributed by atoms with Crippen LogP contribution < -0.4 is 5.73 Å². The first-order valence-corrected chi connectivity index (χ1v) is 11.6. The van der Waals surface area contributed by atoms with Gasteiger partial charge in [0.05, 0.1) is 0 Å². The molecule has 3 heteroatoms. The SMILES string of the molecule is Cc1ccccc1N.[SiH3][SiH3]. The summed E-state index contributed by atoms with van der Waals surface area (Å²) in [5.41, 5.74) is 7.53. The number of nitrogens with two attached hydrogens (primary N) is 1. The van der Waals surface area contributed by atoms with Crippen LogP contribution in [0.1, 0.15) is 5.56 Å². The van der Waals surface area contributed by atoms with Crippen LogP contribution in [0, 0.1) is 6.92 Å². The van der Waals surface area contributed by atoms with Crippen molar-refractivity contribution in [3.05, 3.63) is 29.8 Å². The van der Waals surface area contributed by atoms with Gasteiger partial charge in [0.15, 0.2) is 0 Å². The number of hydrogen-bond donors (Lipinski definition) is 1. The van der Waals surface area contributed by atoms with E-state index in [2.05, 4.69) is 0 Å². The molecule has 0 bridgehead atoms. The summed E-state index contributed by atoms with van der Waals surface area (Å²) in [7, 11) is 2.89. The van der Waals surface area contributed by atoms with Crippen LogP contribution in [0.5, 0.6) is 0 Å². The molecule has 56 valence electrons. The number of hydrogen-bond acceptors (Lipinski definition) is 1. The van der Waals surface area contributed by atoms with Gasteiger partial charge in [0.1, 0.15) is 0 Å². The molecule has 0 aliphatic heterocycles. The van der Waals surface area contributed by atoms with Gasteiger partial charge in [-0.15, -0.1) is 0 Å². The molecule has 1 nitrogen and oxygen atoms in total. The Balaban J connectivity index is 0.000000371. The highest BCUT2D eigenvalue weighted by Gasteiger charge is 1.84. The highest BCUT2D eigenvalue weighted by Crippen LogP contribution is 2.06. The van der Waals surface area contributed by atoms with E-state index < -0.39 is 0 Å². The first kappa shape index (κ1) is 9.45. The summed E-state index contributed by atoms with van der Waals surface area (Å²) in [6.07, 6.45) is 0. The first-order chi connectivity index (χ1) is 4.80. The second-order valence-corrected chi connectivity index (χ2v) is 1.86. The van der Waals surface area contributed by atoms with Gasteiger partial charge in [-0.1, -0.05) is 18.2 Å². The molecule has 1 rings (SSSR count). The summed E-state index contributed by atoms with van der Waals surface area (Å²) in [5, 5.41) is 0. The Morgan fingerprint density at radius 2 is 1.70 bits per heavy atom. The maximum atomic E-state index is 5.52. The van der Waals surface area contributed by atoms with Crippen LogP contribution in [0.2, 0.25) is 0 Å². The Labute approximate surface area is 68.3 Å². The fourth-order valence-corrected chi connectivity index (χ4v) is 0.587. The molecule has 0 aliphatic carbocycles. The van der Waals surface area contributed by atoms with E-state index in [0.717, 1.165) is 11.3 Å². The number of aryl methyl sites for hydroxylation is 1. The number of rotatable bonds is 0. The van der Waals surface area contributed by atoms with E-state index in [1.807, 2.05) is 31.2 Å². The molecular weight excluding hydrogens is 154 g/mol. The summed E-state index contributed by atoms with van der Waals surface area (Å²) in [6.45, 7) is 2.00. The third-order valence-corrected chi connectivity index (χ3v) is 1.19. The van der Waals surface area contributed by atoms with Crippen LogP contribution in [0.4, 0.5) is 5.69 Å². The van der Waals surface area contributed by atoms with E-state index >= 15 is 0 Å². The summed E-state index contributed by atoms with van der Waals surface area (Å²) < 4.78 is 0. The van der Waals surface area contributed by atoms with Crippen molar-refractivity contribution < 1.29 is 0 Å². The number of nitrogen functional groups attached to an aromatic ring is 1. The van der Waals surface area contributed by atoms with Crippen molar-refractivity contribution in [2.75, 3.05) is 5.73 Å². The summed E-state index contributed by atoms with van der Waals surface area (Å²) in [5.74, 6) is 0. The predicted octanol–water partition coefficient (Wildman–Crippen LogP) is -0.791. The molecule has 0 amide bonds. The molecule has 0 unspecified atom stereocenters. The average molecular weight is 169 g/mol. The Hall–Kier alpha value is -0.546. The van der Waals surface area contributed by atoms with Crippen molar-refractivity contribution in [1.82, 2.24) is 0 Å². The molecule has 0 saturated carbocycles. The minimum Gasteiger partial charge on any atom is -0.399 e. The molecule has 0 aliphatic rings. The van der Waals surface area contributed by atoms with E-state index in [1.165, 1.54) is 19.5 Å². The highest BCUT2D eigenvalue weighted by atomic mass is 29.1. The second-order valence-electron chi connectivity index (χ2n) is 1.86. The van der Waals surface area contributed by atoms with Crippen LogP contribution in [0.25, 0.3) is 0 Å². The maximum absolute atomic E-state index is 5.52. The molecular formula is C7H15NSi2. The molecule has 0 aromatic heterocycles. The quantitative estimate of drug-likeness (QED) is 0.400. The maximum Gasteiger partial charge on any atom is 0.0343 e. The van der Waals surface area contributed by atoms with Crippen molar-refractivity contribution in [3.8, 4) is 0 Å². The van der Waals surface area contributed by atoms with Crippen LogP contribution in [0.3, 0.4) is 0 Å². The van der Waals surface area contributed by atoms with E-state index in [0.29, 0.717) is 0 Å². The van der Waals surface area contributed by atoms with Gasteiger partial charge in [0, 0.05) is 5.69 Å². The topological polar surface area (TPSA) is 26.0 Å². The largest absolute Gasteiger partial charge is 0.399 e. The molecule has 0 fully saturated rings. The fraction of sp³-hybridized carbons (Fsp3) is 0.143. The standard InChI is InChI=1S/C7H9N.H6Si2/c1-6-4-2-3-5-7(6)8;1-2/h2-5H,8H2,1H3;1-2H3. The molecule has 2 N–H and O–H groups in total. The molecule has 10 heavy (non-hydrogen) atoms. The van der Waals surface area contributed by atoms with Gasteiger partial charge in [-0.25, -0.2) is 0 Å². The van der Waals surface area contributed by atoms with Crippen molar-refractivity contribution in [2.24, 2.45) is 0 Å². The van der Waals surface area contributed by atoms with E-state index in [9.17, 15) is 0 Å². The van der Waals surface area contributed by atoms with Crippen LogP contribution in [-0.2, 0) is 0 Å². The van der Waals surface area contributed by atoms with Gasteiger partial charge in [-0.05, 0) is 38.1 Å². The minimum atomic E-state index is 0.868. The lowest BCUT2D eigenvalue weighted by molar-refractivity contribution is 1.47. The molecule has 0 atom stereocenters. The second kappa shape index (κ2) is 5.26. The van der Waals surface area contributed by atoms with Crippen molar-refractivity contribution in [2.45, 2.75) is 6.92 Å². The van der Waals surface area contributed by atoms with Crippen molar-refractivity contribution in [1.29, 1.82) is 0 Å². The van der Waals surface area contributed by atoms with Crippen LogP contribution >= 0.6 is 0 Å². The summed E-state index contributed by atoms with van der Waals surface area (Å²) in [4.78, 5) is 0. The van der Waals surface area contributed by atoms with Gasteiger partial charge >= 0.3 is 0 Å². The lowest BCUT2D eigenvalue weighted by Gasteiger charge is -1.93. The van der Waals surface area contributed by atoms with E-state index in [1.54, 1.807) is 0 Å². The first-order valence-electron chi connectivity index (χ1n) is 3.62. The van der Waals surface area contributed by atoms with Gasteiger partial charge in [0.2, 0.25) is 0 Å². The highest BCUT2D eigenvalue weighted by molar-refractivity contribution is 6.75. The van der Waals surface area contributed by atoms with Gasteiger partial charge in [0.25, 0.3) is 0 Å². The normalized spacial score (nSPS) is 8.50.